The van der Waals surface area contributed by atoms with E-state index in [9.17, 15) is 4.79 Å². The molecule has 4 rings (SSSR count). The molecule has 0 aliphatic rings. The molecule has 0 fully saturated rings. The monoisotopic (exact) mass is 463 g/mol. The minimum atomic E-state index is -0.882. The zero-order chi connectivity index (χ0) is 25.3. The lowest BCUT2D eigenvalue weighted by Crippen LogP contribution is -2.22. The largest absolute Gasteiger partial charge is 0.472 e. The molecule has 0 spiro atoms. The van der Waals surface area contributed by atoms with Crippen LogP contribution in [0.1, 0.15) is 60.1 Å². The van der Waals surface area contributed by atoms with Crippen molar-refractivity contribution in [2.45, 2.75) is 54.6 Å². The van der Waals surface area contributed by atoms with Crippen molar-refractivity contribution >= 4 is 17.0 Å². The fourth-order valence-electron chi connectivity index (χ4n) is 2.91. The smallest absolute Gasteiger partial charge is 0.352 e. The van der Waals surface area contributed by atoms with Crippen LogP contribution < -0.4 is 4.74 Å². The first-order valence-corrected chi connectivity index (χ1v) is 12.1. The third-order valence-electron chi connectivity index (χ3n) is 4.22. The highest BCUT2D eigenvalue weighted by Crippen LogP contribution is 2.29. The van der Waals surface area contributed by atoms with Crippen molar-refractivity contribution in [3.8, 4) is 11.4 Å². The Hall–Kier alpha value is -3.67. The zero-order valence-corrected chi connectivity index (χ0v) is 21.4. The summed E-state index contributed by atoms with van der Waals surface area (Å²) in [6, 6.07) is 24.3. The number of carbonyl (C=O) groups excluding carboxylic acids is 1. The van der Waals surface area contributed by atoms with Crippen LogP contribution in [0.15, 0.2) is 78.9 Å². The van der Waals surface area contributed by atoms with Gasteiger partial charge in [-0.2, -0.15) is 0 Å². The molecule has 0 saturated heterocycles. The van der Waals surface area contributed by atoms with Gasteiger partial charge in [0.25, 0.3) is 0 Å². The van der Waals surface area contributed by atoms with Crippen LogP contribution in [0, 0.1) is 0 Å². The SMILES string of the molecule is CC.CC.CC.CCOC(=O)C(Oc1ccccc1-n1nc2ccccc2n1)c1ccccc1. The summed E-state index contributed by atoms with van der Waals surface area (Å²) in [6.45, 7) is 14.0. The fraction of sp³-hybridized carbons (Fsp3) is 0.321. The number of benzene rings is 3. The van der Waals surface area contributed by atoms with Crippen molar-refractivity contribution < 1.29 is 14.3 Å². The first-order chi connectivity index (χ1) is 16.8. The van der Waals surface area contributed by atoms with E-state index < -0.39 is 12.1 Å². The maximum atomic E-state index is 12.6. The summed E-state index contributed by atoms with van der Waals surface area (Å²) in [5, 5.41) is 9.03. The summed E-state index contributed by atoms with van der Waals surface area (Å²) < 4.78 is 11.3. The van der Waals surface area contributed by atoms with E-state index in [-0.39, 0.29) is 6.61 Å². The van der Waals surface area contributed by atoms with Gasteiger partial charge >= 0.3 is 5.97 Å². The number of aromatic nitrogens is 3. The lowest BCUT2D eigenvalue weighted by molar-refractivity contribution is -0.151. The van der Waals surface area contributed by atoms with Crippen LogP contribution in [-0.4, -0.2) is 27.6 Å². The summed E-state index contributed by atoms with van der Waals surface area (Å²) in [6.07, 6.45) is -0.882. The summed E-state index contributed by atoms with van der Waals surface area (Å²) in [4.78, 5) is 14.1. The van der Waals surface area contributed by atoms with Crippen LogP contribution in [-0.2, 0) is 9.53 Å². The molecule has 4 aromatic rings. The predicted molar refractivity (Wildman–Crippen MR) is 139 cm³/mol. The molecule has 3 aromatic carbocycles. The Balaban J connectivity index is 0.000000894. The van der Waals surface area contributed by atoms with Crippen molar-refractivity contribution in [1.29, 1.82) is 0 Å². The molecule has 1 atom stereocenters. The van der Waals surface area contributed by atoms with Gasteiger partial charge in [0, 0.05) is 5.56 Å². The van der Waals surface area contributed by atoms with E-state index in [1.165, 1.54) is 4.80 Å². The molecule has 182 valence electrons. The molecule has 0 amide bonds. The number of hydrogen-bond acceptors (Lipinski definition) is 5. The van der Waals surface area contributed by atoms with Gasteiger partial charge in [0.1, 0.15) is 22.5 Å². The molecular weight excluding hydrogens is 426 g/mol. The van der Waals surface area contributed by atoms with Crippen LogP contribution >= 0.6 is 0 Å². The van der Waals surface area contributed by atoms with Crippen LogP contribution in [0.3, 0.4) is 0 Å². The maximum Gasteiger partial charge on any atom is 0.352 e. The quantitative estimate of drug-likeness (QED) is 0.283. The second-order valence-corrected chi connectivity index (χ2v) is 6.11. The Bertz CT molecular complexity index is 1060. The lowest BCUT2D eigenvalue weighted by atomic mass is 10.1. The topological polar surface area (TPSA) is 66.2 Å². The minimum absolute atomic E-state index is 0.277. The number of nitrogens with zero attached hydrogens (tertiary/aromatic N) is 3. The van der Waals surface area contributed by atoms with E-state index in [0.717, 1.165) is 11.0 Å². The van der Waals surface area contributed by atoms with Crippen LogP contribution in [0.2, 0.25) is 0 Å². The third kappa shape index (κ3) is 7.44. The Morgan fingerprint density at radius 1 is 0.765 bits per heavy atom. The van der Waals surface area contributed by atoms with Crippen molar-refractivity contribution in [2.24, 2.45) is 0 Å². The second-order valence-electron chi connectivity index (χ2n) is 6.11. The number of fused-ring (bicyclic) bond motifs is 1. The van der Waals surface area contributed by atoms with E-state index in [4.69, 9.17) is 9.47 Å². The number of rotatable bonds is 6. The van der Waals surface area contributed by atoms with Gasteiger partial charge in [-0.05, 0) is 31.2 Å². The summed E-state index contributed by atoms with van der Waals surface area (Å²) in [7, 11) is 0. The molecule has 1 unspecified atom stereocenters. The number of carbonyl (C=O) groups is 1. The molecule has 1 aromatic heterocycles. The minimum Gasteiger partial charge on any atom is -0.472 e. The molecule has 6 heteroatoms. The molecule has 0 saturated carbocycles. The maximum absolute atomic E-state index is 12.6. The van der Waals surface area contributed by atoms with Crippen molar-refractivity contribution in [2.75, 3.05) is 6.61 Å². The van der Waals surface area contributed by atoms with Gasteiger partial charge < -0.3 is 9.47 Å². The molecule has 0 N–H and O–H groups in total. The van der Waals surface area contributed by atoms with E-state index >= 15 is 0 Å². The van der Waals surface area contributed by atoms with Crippen LogP contribution in [0.25, 0.3) is 16.7 Å². The molecule has 0 bridgehead atoms. The summed E-state index contributed by atoms with van der Waals surface area (Å²) in [5.74, 6) is 0.0480. The normalized spacial score (nSPS) is 10.3. The Morgan fingerprint density at radius 3 is 1.82 bits per heavy atom. The molecule has 1 heterocycles. The molecule has 0 aliphatic carbocycles. The highest BCUT2D eigenvalue weighted by atomic mass is 16.6. The first kappa shape index (κ1) is 28.4. The number of esters is 1. The van der Waals surface area contributed by atoms with Gasteiger partial charge in [0.2, 0.25) is 6.10 Å². The van der Waals surface area contributed by atoms with Gasteiger partial charge in [0.15, 0.2) is 0 Å². The molecule has 34 heavy (non-hydrogen) atoms. The van der Waals surface area contributed by atoms with Gasteiger partial charge in [-0.25, -0.2) is 4.79 Å². The van der Waals surface area contributed by atoms with Crippen LogP contribution in [0.5, 0.6) is 5.75 Å². The van der Waals surface area contributed by atoms with Crippen LogP contribution in [0.4, 0.5) is 0 Å². The average molecular weight is 464 g/mol. The average Bonchev–Trinajstić information content (AvgIpc) is 3.36. The first-order valence-electron chi connectivity index (χ1n) is 12.1. The molecule has 6 nitrogen and oxygen atoms in total. The summed E-state index contributed by atoms with van der Waals surface area (Å²) >= 11 is 0. The second kappa shape index (κ2) is 16.0. The van der Waals surface area contributed by atoms with E-state index in [1.54, 1.807) is 13.0 Å². The van der Waals surface area contributed by atoms with Crippen molar-refractivity contribution in [3.63, 3.8) is 0 Å². The van der Waals surface area contributed by atoms with Gasteiger partial charge in [-0.15, -0.1) is 15.0 Å². The highest BCUT2D eigenvalue weighted by molar-refractivity contribution is 5.77. The van der Waals surface area contributed by atoms with Gasteiger partial charge in [0.05, 0.1) is 6.61 Å². The fourth-order valence-corrected chi connectivity index (χ4v) is 2.91. The van der Waals surface area contributed by atoms with Crippen molar-refractivity contribution in [3.05, 3.63) is 84.4 Å². The predicted octanol–water partition coefficient (Wildman–Crippen LogP) is 7.18. The molecular formula is C28H37N3O3. The van der Waals surface area contributed by atoms with E-state index in [1.807, 2.05) is 114 Å². The Kier molecular flexibility index (Phi) is 13.4. The Morgan fingerprint density at radius 2 is 1.26 bits per heavy atom. The molecule has 0 aliphatic heterocycles. The van der Waals surface area contributed by atoms with Gasteiger partial charge in [-0.3, -0.25) is 0 Å². The standard InChI is InChI=1S/C22H19N3O3.3C2H6/c1-2-27-22(26)21(16-10-4-3-5-11-16)28-20-15-9-8-14-19(20)25-23-17-12-6-7-13-18(17)24-25;3*1-2/h3-15,21H,2H2,1H3;3*1-2H3. The third-order valence-corrected chi connectivity index (χ3v) is 4.22. The number of hydrogen-bond donors (Lipinski definition) is 0. The van der Waals surface area contributed by atoms with Gasteiger partial charge in [-0.1, -0.05) is 96.1 Å². The highest BCUT2D eigenvalue weighted by Gasteiger charge is 2.25. The zero-order valence-electron chi connectivity index (χ0n) is 21.4. The Labute approximate surface area is 203 Å². The van der Waals surface area contributed by atoms with E-state index in [0.29, 0.717) is 17.0 Å². The van der Waals surface area contributed by atoms with E-state index in [2.05, 4.69) is 10.2 Å². The summed E-state index contributed by atoms with van der Waals surface area (Å²) in [5.41, 5.74) is 2.92. The van der Waals surface area contributed by atoms with Crippen molar-refractivity contribution in [1.82, 2.24) is 15.0 Å². The number of para-hydroxylation sites is 2. The number of ether oxygens (including phenoxy) is 2. The lowest BCUT2D eigenvalue weighted by Gasteiger charge is -2.19. The molecule has 0 radical (unpaired) electrons.